The fourth-order valence-corrected chi connectivity index (χ4v) is 1.44. The molecule has 0 unspecified atom stereocenters. The zero-order valence-corrected chi connectivity index (χ0v) is 10.1. The quantitative estimate of drug-likeness (QED) is 0.558. The van der Waals surface area contributed by atoms with Gasteiger partial charge in [0.05, 0.1) is 0 Å². The lowest BCUT2D eigenvalue weighted by Crippen LogP contribution is -2.21. The summed E-state index contributed by atoms with van der Waals surface area (Å²) in [5.74, 6) is 0.726. The van der Waals surface area contributed by atoms with Crippen molar-refractivity contribution in [1.82, 2.24) is 0 Å². The van der Waals surface area contributed by atoms with Crippen LogP contribution in [0.1, 0.15) is 68.5 Å². The number of aryl methyl sites for hydroxylation is 1. The van der Waals surface area contributed by atoms with Crippen LogP contribution >= 0.6 is 0 Å². The monoisotopic (exact) mass is 254 g/mol. The van der Waals surface area contributed by atoms with Crippen LogP contribution < -0.4 is 0 Å². The summed E-state index contributed by atoms with van der Waals surface area (Å²) in [7, 11) is 0. The molecule has 0 saturated heterocycles. The number of hydrogen-bond acceptors (Lipinski definition) is 0. The minimum absolute atomic E-state index is 0. The summed E-state index contributed by atoms with van der Waals surface area (Å²) in [5, 5.41) is 0. The van der Waals surface area contributed by atoms with Crippen LogP contribution in [0.3, 0.4) is 0 Å². The van der Waals surface area contributed by atoms with Gasteiger partial charge in [-0.2, -0.15) is 0 Å². The Kier molecular flexibility index (Phi) is 14.6. The van der Waals surface area contributed by atoms with Gasteiger partial charge in [-0.1, -0.05) is 87.2 Å². The van der Waals surface area contributed by atoms with Crippen LogP contribution in [0.15, 0.2) is 24.3 Å². The summed E-state index contributed by atoms with van der Waals surface area (Å²) in [6.45, 7) is 11.4. The molecule has 1 aromatic rings. The Bertz CT molecular complexity index is 277. The van der Waals surface area contributed by atoms with E-state index in [1.165, 1.54) is 17.5 Å². The number of rotatable bonds is 3. The van der Waals surface area contributed by atoms with E-state index in [-0.39, 0.29) is 29.7 Å². The maximum Gasteiger partial charge on any atom is -0.0225 e. The first kappa shape index (κ1) is 25.9. The predicted molar refractivity (Wildman–Crippen MR) is 90.4 cm³/mol. The van der Waals surface area contributed by atoms with E-state index in [0.29, 0.717) is 5.41 Å². The van der Waals surface area contributed by atoms with Crippen molar-refractivity contribution in [2.45, 2.75) is 70.7 Å². The highest BCUT2D eigenvalue weighted by atomic mass is 14.3. The molecule has 0 aromatic heterocycles. The zero-order valence-electron chi connectivity index (χ0n) is 10.1. The van der Waals surface area contributed by atoms with Gasteiger partial charge in [0.15, 0.2) is 0 Å². The molecule has 0 aliphatic carbocycles. The first-order valence-corrected chi connectivity index (χ1v) is 5.47. The molecular weight excluding hydrogens is 216 g/mol. The molecule has 0 N–H and O–H groups in total. The molecule has 0 fully saturated rings. The molecule has 110 valence electrons. The molecule has 0 aliphatic rings. The minimum atomic E-state index is 0. The van der Waals surface area contributed by atoms with Crippen molar-refractivity contribution in [2.75, 3.05) is 0 Å². The molecule has 0 nitrogen and oxygen atoms in total. The molecule has 1 aromatic carbocycles. The highest BCUT2D eigenvalue weighted by Gasteiger charge is 2.22. The Balaban J connectivity index is -0.000000245. The van der Waals surface area contributed by atoms with E-state index in [1.54, 1.807) is 0 Å². The molecule has 0 heterocycles. The fraction of sp³-hybridized carbons (Fsp3) is 0.667. The van der Waals surface area contributed by atoms with Crippen molar-refractivity contribution in [3.05, 3.63) is 35.4 Å². The van der Waals surface area contributed by atoms with Crippen LogP contribution in [0.4, 0.5) is 0 Å². The summed E-state index contributed by atoms with van der Waals surface area (Å²) < 4.78 is 0. The molecule has 18 heavy (non-hydrogen) atoms. The fourth-order valence-electron chi connectivity index (χ4n) is 1.44. The van der Waals surface area contributed by atoms with Crippen molar-refractivity contribution in [3.8, 4) is 0 Å². The molecule has 1 rings (SSSR count). The molecule has 0 saturated carbocycles. The maximum absolute atomic E-state index is 2.34. The van der Waals surface area contributed by atoms with Gasteiger partial charge in [0, 0.05) is 0 Å². The van der Waals surface area contributed by atoms with Gasteiger partial charge in [-0.3, -0.25) is 0 Å². The van der Waals surface area contributed by atoms with Gasteiger partial charge in [0.25, 0.3) is 0 Å². The van der Waals surface area contributed by atoms with Crippen molar-refractivity contribution in [1.29, 1.82) is 0 Å². The van der Waals surface area contributed by atoms with Gasteiger partial charge < -0.3 is 0 Å². The molecule has 0 amide bonds. The summed E-state index contributed by atoms with van der Waals surface area (Å²) >= 11 is 0. The number of benzene rings is 1. The summed E-state index contributed by atoms with van der Waals surface area (Å²) in [6, 6.07) is 8.90. The smallest absolute Gasteiger partial charge is 0.0225 e. The van der Waals surface area contributed by atoms with Gasteiger partial charge in [-0.05, 0) is 30.2 Å². The lowest BCUT2D eigenvalue weighted by Gasteiger charge is -2.29. The van der Waals surface area contributed by atoms with Crippen molar-refractivity contribution < 1.29 is 0 Å². The van der Waals surface area contributed by atoms with E-state index in [9.17, 15) is 0 Å². The van der Waals surface area contributed by atoms with Crippen LogP contribution in [0.2, 0.25) is 0 Å². The van der Waals surface area contributed by atoms with Crippen LogP contribution in [0, 0.1) is 18.3 Å². The Hall–Kier alpha value is -0.780. The van der Waals surface area contributed by atoms with Crippen LogP contribution in [-0.4, -0.2) is 0 Å². The minimum Gasteiger partial charge on any atom is -0.0776 e. The average molecular weight is 255 g/mol. The molecule has 0 spiro atoms. The average Bonchev–Trinajstić information content (AvgIpc) is 2.08. The van der Waals surface area contributed by atoms with E-state index in [4.69, 9.17) is 0 Å². The summed E-state index contributed by atoms with van der Waals surface area (Å²) in [5.41, 5.74) is 3.19. The van der Waals surface area contributed by atoms with Crippen molar-refractivity contribution in [2.24, 2.45) is 11.3 Å². The predicted octanol–water partition coefficient (Wildman–Crippen LogP) is 6.76. The second-order valence-corrected chi connectivity index (χ2v) is 5.31. The highest BCUT2D eigenvalue weighted by Crippen LogP contribution is 2.30. The third-order valence-electron chi connectivity index (χ3n) is 3.34. The second-order valence-electron chi connectivity index (χ2n) is 5.31. The first-order valence-electron chi connectivity index (χ1n) is 5.47. The molecular formula is C18H38. The molecule has 0 radical (unpaired) electrons. The van der Waals surface area contributed by atoms with Gasteiger partial charge in [0.1, 0.15) is 0 Å². The van der Waals surface area contributed by atoms with Crippen LogP contribution in [0.25, 0.3) is 0 Å². The van der Waals surface area contributed by atoms with Gasteiger partial charge in [0.2, 0.25) is 0 Å². The SMILES string of the molecule is C.C.C.C.Cc1ccc(CC(C)(C)C(C)C)cc1. The third kappa shape index (κ3) is 7.53. The second kappa shape index (κ2) is 10.2. The summed E-state index contributed by atoms with van der Waals surface area (Å²) in [4.78, 5) is 0. The van der Waals surface area contributed by atoms with E-state index in [0.717, 1.165) is 5.92 Å². The third-order valence-corrected chi connectivity index (χ3v) is 3.34. The largest absolute Gasteiger partial charge is 0.0776 e. The van der Waals surface area contributed by atoms with E-state index >= 15 is 0 Å². The lowest BCUT2D eigenvalue weighted by molar-refractivity contribution is 0.248. The Morgan fingerprint density at radius 1 is 0.889 bits per heavy atom. The van der Waals surface area contributed by atoms with E-state index in [2.05, 4.69) is 58.9 Å². The van der Waals surface area contributed by atoms with Gasteiger partial charge in [-0.25, -0.2) is 0 Å². The van der Waals surface area contributed by atoms with Gasteiger partial charge in [-0.15, -0.1) is 0 Å². The van der Waals surface area contributed by atoms with Crippen molar-refractivity contribution >= 4 is 0 Å². The normalized spacial score (nSPS) is 9.44. The van der Waals surface area contributed by atoms with Crippen LogP contribution in [0.5, 0.6) is 0 Å². The Labute approximate surface area is 118 Å². The Morgan fingerprint density at radius 2 is 1.28 bits per heavy atom. The molecule has 0 heteroatoms. The molecule has 0 bridgehead atoms. The maximum atomic E-state index is 2.34. The number of hydrogen-bond donors (Lipinski definition) is 0. The van der Waals surface area contributed by atoms with E-state index < -0.39 is 0 Å². The Morgan fingerprint density at radius 3 is 1.61 bits per heavy atom. The lowest BCUT2D eigenvalue weighted by atomic mass is 9.76. The molecule has 0 aliphatic heterocycles. The molecule has 0 atom stereocenters. The summed E-state index contributed by atoms with van der Waals surface area (Å²) in [6.07, 6.45) is 1.17. The van der Waals surface area contributed by atoms with Gasteiger partial charge >= 0.3 is 0 Å². The van der Waals surface area contributed by atoms with Crippen LogP contribution in [-0.2, 0) is 6.42 Å². The first-order chi connectivity index (χ1) is 6.42. The zero-order chi connectivity index (χ0) is 10.8. The standard InChI is InChI=1S/C14H22.4CH4/c1-11(2)14(4,5)10-13-8-6-12(3)7-9-13;;;;/h6-9,11H,10H2,1-5H3;4*1H4. The van der Waals surface area contributed by atoms with E-state index in [1.807, 2.05) is 0 Å². The van der Waals surface area contributed by atoms with Crippen molar-refractivity contribution in [3.63, 3.8) is 0 Å². The highest BCUT2D eigenvalue weighted by molar-refractivity contribution is 5.22. The topological polar surface area (TPSA) is 0 Å².